The van der Waals surface area contributed by atoms with Crippen LogP contribution in [0.1, 0.15) is 10.4 Å². The zero-order valence-corrected chi connectivity index (χ0v) is 11.8. The predicted octanol–water partition coefficient (Wildman–Crippen LogP) is 3.22. The number of hydrogen-bond donors (Lipinski definition) is 2. The van der Waals surface area contributed by atoms with Gasteiger partial charge in [-0.3, -0.25) is 10.2 Å². The Morgan fingerprint density at radius 1 is 1.25 bits per heavy atom. The molecule has 0 saturated heterocycles. The van der Waals surface area contributed by atoms with Gasteiger partial charge in [-0.2, -0.15) is 0 Å². The molecule has 0 unspecified atom stereocenters. The fraction of sp³-hybridized carbons (Fsp3) is 0. The van der Waals surface area contributed by atoms with Gasteiger partial charge in [0.15, 0.2) is 0 Å². The van der Waals surface area contributed by atoms with E-state index >= 15 is 0 Å². The van der Waals surface area contributed by atoms with Gasteiger partial charge in [0.05, 0.1) is 15.2 Å². The Morgan fingerprint density at radius 3 is 2.80 bits per heavy atom. The number of hydrazine groups is 1. The number of rotatable bonds is 2. The molecule has 0 aliphatic heterocycles. The highest BCUT2D eigenvalue weighted by atomic mass is 35.5. The molecule has 0 aliphatic rings. The van der Waals surface area contributed by atoms with E-state index < -0.39 is 0 Å². The maximum atomic E-state index is 11.5. The van der Waals surface area contributed by atoms with E-state index in [0.29, 0.717) is 10.6 Å². The van der Waals surface area contributed by atoms with E-state index in [1.807, 2.05) is 24.3 Å². The summed E-state index contributed by atoms with van der Waals surface area (Å²) in [5, 5.41) is 1.49. The number of thiazole rings is 1. The normalized spacial score (nSPS) is 10.7. The fourth-order valence-corrected chi connectivity index (χ4v) is 3.22. The fourth-order valence-electron chi connectivity index (χ4n) is 1.90. The quantitative estimate of drug-likeness (QED) is 0.434. The lowest BCUT2D eigenvalue weighted by Gasteiger charge is -1.97. The number of aromatic nitrogens is 1. The van der Waals surface area contributed by atoms with Crippen molar-refractivity contribution >= 4 is 39.1 Å². The number of nitrogens with two attached hydrogens (primary N) is 1. The Hall–Kier alpha value is -1.95. The molecule has 3 rings (SSSR count). The molecule has 0 fully saturated rings. The summed E-state index contributed by atoms with van der Waals surface area (Å²) in [5.74, 6) is 4.82. The van der Waals surface area contributed by atoms with Crippen LogP contribution in [0.2, 0.25) is 5.02 Å². The van der Waals surface area contributed by atoms with E-state index in [-0.39, 0.29) is 5.91 Å². The van der Waals surface area contributed by atoms with Crippen LogP contribution in [-0.4, -0.2) is 10.9 Å². The Balaban J connectivity index is 2.12. The number of benzene rings is 2. The third kappa shape index (κ3) is 2.27. The summed E-state index contributed by atoms with van der Waals surface area (Å²) in [6, 6.07) is 12.8. The summed E-state index contributed by atoms with van der Waals surface area (Å²) >= 11 is 7.67. The Bertz CT molecular complexity index is 800. The summed E-state index contributed by atoms with van der Waals surface area (Å²) in [5.41, 5.74) is 4.35. The molecule has 20 heavy (non-hydrogen) atoms. The second-order valence-electron chi connectivity index (χ2n) is 4.15. The van der Waals surface area contributed by atoms with Gasteiger partial charge in [0.1, 0.15) is 5.01 Å². The Morgan fingerprint density at radius 2 is 2.05 bits per heavy atom. The van der Waals surface area contributed by atoms with Gasteiger partial charge in [-0.25, -0.2) is 10.8 Å². The molecule has 1 amide bonds. The molecule has 1 aromatic heterocycles. The van der Waals surface area contributed by atoms with Crippen molar-refractivity contribution in [1.82, 2.24) is 10.4 Å². The van der Waals surface area contributed by atoms with Crippen LogP contribution in [0, 0.1) is 0 Å². The maximum absolute atomic E-state index is 11.5. The van der Waals surface area contributed by atoms with Crippen molar-refractivity contribution in [2.45, 2.75) is 0 Å². The molecule has 0 bridgehead atoms. The van der Waals surface area contributed by atoms with Crippen molar-refractivity contribution in [3.8, 4) is 10.6 Å². The van der Waals surface area contributed by atoms with Crippen LogP contribution < -0.4 is 11.3 Å². The highest BCUT2D eigenvalue weighted by Gasteiger charge is 2.11. The first-order valence-corrected chi connectivity index (χ1v) is 7.05. The highest BCUT2D eigenvalue weighted by Crippen LogP contribution is 2.34. The smallest absolute Gasteiger partial charge is 0.265 e. The number of nitrogens with zero attached hydrogens (tertiary/aromatic N) is 1. The van der Waals surface area contributed by atoms with Crippen molar-refractivity contribution in [2.24, 2.45) is 5.84 Å². The van der Waals surface area contributed by atoms with E-state index in [1.165, 1.54) is 11.3 Å². The number of halogens is 1. The number of fused-ring (bicyclic) bond motifs is 1. The molecule has 6 heteroatoms. The molecular weight excluding hydrogens is 294 g/mol. The zero-order valence-electron chi connectivity index (χ0n) is 10.3. The van der Waals surface area contributed by atoms with Crippen molar-refractivity contribution in [3.63, 3.8) is 0 Å². The van der Waals surface area contributed by atoms with Crippen LogP contribution in [-0.2, 0) is 0 Å². The first kappa shape index (κ1) is 13.1. The van der Waals surface area contributed by atoms with Gasteiger partial charge in [0, 0.05) is 11.1 Å². The van der Waals surface area contributed by atoms with Gasteiger partial charge in [-0.15, -0.1) is 11.3 Å². The molecule has 0 atom stereocenters. The lowest BCUT2D eigenvalue weighted by atomic mass is 10.2. The van der Waals surface area contributed by atoms with Crippen LogP contribution in [0.4, 0.5) is 0 Å². The van der Waals surface area contributed by atoms with Gasteiger partial charge < -0.3 is 0 Å². The summed E-state index contributed by atoms with van der Waals surface area (Å²) < 4.78 is 0.918. The van der Waals surface area contributed by atoms with Crippen molar-refractivity contribution in [2.75, 3.05) is 0 Å². The molecule has 1 heterocycles. The topological polar surface area (TPSA) is 68.0 Å². The van der Waals surface area contributed by atoms with E-state index in [4.69, 9.17) is 17.4 Å². The van der Waals surface area contributed by atoms with Gasteiger partial charge in [0.25, 0.3) is 5.91 Å². The third-order valence-electron chi connectivity index (χ3n) is 2.89. The number of nitrogen functional groups attached to an aromatic ring is 1. The largest absolute Gasteiger partial charge is 0.290 e. The van der Waals surface area contributed by atoms with Gasteiger partial charge in [0.2, 0.25) is 0 Å². The standard InChI is InChI=1S/C14H10ClN3OS/c15-10-4-2-1-3-9(10)14-17-11-6-5-8(13(19)18-16)7-12(11)20-14/h1-7H,16H2,(H,18,19). The Kier molecular flexibility index (Phi) is 3.40. The molecule has 0 spiro atoms. The molecule has 0 radical (unpaired) electrons. The van der Waals surface area contributed by atoms with Gasteiger partial charge in [-0.05, 0) is 24.3 Å². The number of amides is 1. The van der Waals surface area contributed by atoms with Gasteiger partial charge in [-0.1, -0.05) is 29.8 Å². The SMILES string of the molecule is NNC(=O)c1ccc2nc(-c3ccccc3Cl)sc2c1. The maximum Gasteiger partial charge on any atom is 0.265 e. The lowest BCUT2D eigenvalue weighted by Crippen LogP contribution is -2.29. The molecule has 3 N–H and O–H groups in total. The van der Waals surface area contributed by atoms with Crippen molar-refractivity contribution in [3.05, 3.63) is 53.1 Å². The van der Waals surface area contributed by atoms with Crippen LogP contribution >= 0.6 is 22.9 Å². The third-order valence-corrected chi connectivity index (χ3v) is 4.27. The molecule has 3 aromatic rings. The number of nitrogens with one attached hydrogen (secondary N) is 1. The summed E-state index contributed by atoms with van der Waals surface area (Å²) in [6.45, 7) is 0. The molecule has 0 aliphatic carbocycles. The lowest BCUT2D eigenvalue weighted by molar-refractivity contribution is 0.0954. The van der Waals surface area contributed by atoms with Crippen LogP contribution in [0.25, 0.3) is 20.8 Å². The van der Waals surface area contributed by atoms with Crippen molar-refractivity contribution in [1.29, 1.82) is 0 Å². The predicted molar refractivity (Wildman–Crippen MR) is 81.7 cm³/mol. The average molecular weight is 304 g/mol. The highest BCUT2D eigenvalue weighted by molar-refractivity contribution is 7.21. The second-order valence-corrected chi connectivity index (χ2v) is 5.59. The number of hydrogen-bond acceptors (Lipinski definition) is 4. The second kappa shape index (κ2) is 5.20. The molecule has 100 valence electrons. The van der Waals surface area contributed by atoms with Gasteiger partial charge >= 0.3 is 0 Å². The van der Waals surface area contributed by atoms with Crippen LogP contribution in [0.3, 0.4) is 0 Å². The van der Waals surface area contributed by atoms with E-state index in [2.05, 4.69) is 10.4 Å². The monoisotopic (exact) mass is 303 g/mol. The number of carbonyl (C=O) groups excluding carboxylic acids is 1. The van der Waals surface area contributed by atoms with Crippen LogP contribution in [0.15, 0.2) is 42.5 Å². The average Bonchev–Trinajstić information content (AvgIpc) is 2.89. The van der Waals surface area contributed by atoms with E-state index in [9.17, 15) is 4.79 Å². The molecular formula is C14H10ClN3OS. The zero-order chi connectivity index (χ0) is 14.1. The summed E-state index contributed by atoms with van der Waals surface area (Å²) in [7, 11) is 0. The molecule has 0 saturated carbocycles. The first-order valence-electron chi connectivity index (χ1n) is 5.85. The minimum atomic E-state index is -0.320. The Labute approximate surface area is 124 Å². The minimum Gasteiger partial charge on any atom is -0.290 e. The number of carbonyl (C=O) groups is 1. The van der Waals surface area contributed by atoms with Crippen molar-refractivity contribution < 1.29 is 4.79 Å². The summed E-state index contributed by atoms with van der Waals surface area (Å²) in [4.78, 5) is 16.1. The summed E-state index contributed by atoms with van der Waals surface area (Å²) in [6.07, 6.45) is 0. The molecule has 2 aromatic carbocycles. The molecule has 4 nitrogen and oxygen atoms in total. The van der Waals surface area contributed by atoms with Crippen LogP contribution in [0.5, 0.6) is 0 Å². The van der Waals surface area contributed by atoms with E-state index in [1.54, 1.807) is 18.2 Å². The van der Waals surface area contributed by atoms with E-state index in [0.717, 1.165) is 20.8 Å². The first-order chi connectivity index (χ1) is 9.69. The minimum absolute atomic E-state index is 0.320.